The van der Waals surface area contributed by atoms with Crippen LogP contribution in [0.5, 0.6) is 0 Å². The van der Waals surface area contributed by atoms with E-state index in [0.717, 1.165) is 0 Å². The minimum atomic E-state index is -0.291. The summed E-state index contributed by atoms with van der Waals surface area (Å²) in [5.74, 6) is -0.117. The molecule has 16 heavy (non-hydrogen) atoms. The van der Waals surface area contributed by atoms with Gasteiger partial charge < -0.3 is 4.90 Å². The number of amides is 1. The van der Waals surface area contributed by atoms with E-state index in [0.29, 0.717) is 31.6 Å². The summed E-state index contributed by atoms with van der Waals surface area (Å²) in [4.78, 5) is 13.6. The molecule has 1 fully saturated rings. The highest BCUT2D eigenvalue weighted by Gasteiger charge is 2.32. The summed E-state index contributed by atoms with van der Waals surface area (Å²) in [6.07, 6.45) is 2.85. The molecular weight excluding hydrogens is 206 g/mol. The Kier molecular flexibility index (Phi) is 2.60. The molecule has 6 nitrogen and oxygen atoms in total. The number of carbonyl (C=O) groups excluding carboxylic acids is 1. The lowest BCUT2D eigenvalue weighted by molar-refractivity contribution is 0.0655. The number of nitrogens with zero attached hydrogens (tertiary/aromatic N) is 4. The minimum absolute atomic E-state index is 0.117. The number of hydrogen-bond acceptors (Lipinski definition) is 4. The maximum atomic E-state index is 11.9. The fourth-order valence-electron chi connectivity index (χ4n) is 1.78. The van der Waals surface area contributed by atoms with E-state index in [1.54, 1.807) is 4.90 Å². The molecule has 0 spiro atoms. The number of hydrogen-bond donors (Lipinski definition) is 1. The number of aromatic nitrogens is 3. The average Bonchev–Trinajstić information content (AvgIpc) is 2.83. The molecule has 0 aromatic carbocycles. The van der Waals surface area contributed by atoms with Gasteiger partial charge in [0.15, 0.2) is 5.69 Å². The molecule has 0 radical (unpaired) electrons. The molecule has 2 rings (SSSR count). The van der Waals surface area contributed by atoms with E-state index >= 15 is 0 Å². The Morgan fingerprint density at radius 2 is 2.31 bits per heavy atom. The molecule has 0 atom stereocenters. The molecule has 1 aromatic heterocycles. The molecule has 1 aliphatic heterocycles. The van der Waals surface area contributed by atoms with Gasteiger partial charge in [-0.05, 0) is 19.8 Å². The summed E-state index contributed by atoms with van der Waals surface area (Å²) < 4.78 is 0. The third-order valence-electron chi connectivity index (χ3n) is 3.06. The van der Waals surface area contributed by atoms with E-state index < -0.39 is 0 Å². The number of carbonyl (C=O) groups is 1. The van der Waals surface area contributed by atoms with Crippen molar-refractivity contribution in [1.29, 1.82) is 5.26 Å². The Morgan fingerprint density at radius 1 is 1.62 bits per heavy atom. The molecule has 1 aliphatic rings. The first kappa shape index (κ1) is 10.6. The molecule has 1 aromatic rings. The Labute approximate surface area is 93.2 Å². The third-order valence-corrected chi connectivity index (χ3v) is 3.06. The van der Waals surface area contributed by atoms with Crippen LogP contribution in [0.1, 0.15) is 30.3 Å². The van der Waals surface area contributed by atoms with E-state index in [1.165, 1.54) is 6.20 Å². The number of aromatic amines is 1. The largest absolute Gasteiger partial charge is 0.337 e. The van der Waals surface area contributed by atoms with Crippen molar-refractivity contribution in [2.45, 2.75) is 19.8 Å². The van der Waals surface area contributed by atoms with Crippen LogP contribution in [0.15, 0.2) is 6.20 Å². The van der Waals surface area contributed by atoms with Crippen LogP contribution in [-0.4, -0.2) is 39.3 Å². The molecule has 2 heterocycles. The molecular formula is C10H13N5O. The molecule has 1 N–H and O–H groups in total. The second kappa shape index (κ2) is 3.93. The molecule has 1 saturated heterocycles. The summed E-state index contributed by atoms with van der Waals surface area (Å²) >= 11 is 0. The smallest absolute Gasteiger partial charge is 0.276 e. The van der Waals surface area contributed by atoms with Crippen LogP contribution >= 0.6 is 0 Å². The number of likely N-dealkylation sites (tertiary alicyclic amines) is 1. The van der Waals surface area contributed by atoms with Gasteiger partial charge >= 0.3 is 0 Å². The third kappa shape index (κ3) is 1.89. The lowest BCUT2D eigenvalue weighted by Gasteiger charge is -2.34. The van der Waals surface area contributed by atoms with Gasteiger partial charge in [-0.1, -0.05) is 0 Å². The van der Waals surface area contributed by atoms with Crippen LogP contribution in [0.2, 0.25) is 0 Å². The number of nitrogens with one attached hydrogen (secondary N) is 1. The Balaban J connectivity index is 2.00. The fourth-order valence-corrected chi connectivity index (χ4v) is 1.78. The van der Waals surface area contributed by atoms with Crippen LogP contribution in [0.25, 0.3) is 0 Å². The van der Waals surface area contributed by atoms with Crippen LogP contribution in [0.3, 0.4) is 0 Å². The lowest BCUT2D eigenvalue weighted by Crippen LogP contribution is -2.41. The number of H-pyrrole nitrogens is 1. The van der Waals surface area contributed by atoms with Gasteiger partial charge in [0.2, 0.25) is 0 Å². The summed E-state index contributed by atoms with van der Waals surface area (Å²) in [5, 5.41) is 18.8. The van der Waals surface area contributed by atoms with Gasteiger partial charge in [-0.2, -0.15) is 20.7 Å². The number of rotatable bonds is 1. The summed E-state index contributed by atoms with van der Waals surface area (Å²) in [7, 11) is 0. The van der Waals surface area contributed by atoms with E-state index in [-0.39, 0.29) is 11.3 Å². The predicted octanol–water partition coefficient (Wildman–Crippen LogP) is 0.571. The summed E-state index contributed by atoms with van der Waals surface area (Å²) in [5.41, 5.74) is 0.0428. The van der Waals surface area contributed by atoms with Crippen molar-refractivity contribution < 1.29 is 4.79 Å². The first-order chi connectivity index (χ1) is 7.64. The highest BCUT2D eigenvalue weighted by molar-refractivity contribution is 5.91. The molecule has 0 unspecified atom stereocenters. The van der Waals surface area contributed by atoms with Crippen molar-refractivity contribution >= 4 is 5.91 Å². The van der Waals surface area contributed by atoms with Gasteiger partial charge in [0.1, 0.15) is 0 Å². The molecule has 1 amide bonds. The average molecular weight is 219 g/mol. The maximum absolute atomic E-state index is 11.9. The fraction of sp³-hybridized carbons (Fsp3) is 0.600. The zero-order valence-corrected chi connectivity index (χ0v) is 9.10. The molecule has 84 valence electrons. The predicted molar refractivity (Wildman–Crippen MR) is 55.2 cm³/mol. The van der Waals surface area contributed by atoms with E-state index in [2.05, 4.69) is 21.5 Å². The molecule has 6 heteroatoms. The SMILES string of the molecule is CC1(C#N)CCN(C(=O)c2cn[nH]n2)CC1. The molecule has 0 bridgehead atoms. The van der Waals surface area contributed by atoms with Gasteiger partial charge in [0, 0.05) is 13.1 Å². The van der Waals surface area contributed by atoms with Crippen LogP contribution < -0.4 is 0 Å². The lowest BCUT2D eigenvalue weighted by atomic mass is 9.82. The first-order valence-corrected chi connectivity index (χ1v) is 5.21. The Bertz CT molecular complexity index is 411. The Morgan fingerprint density at radius 3 is 2.81 bits per heavy atom. The maximum Gasteiger partial charge on any atom is 0.276 e. The van der Waals surface area contributed by atoms with Gasteiger partial charge in [-0.15, -0.1) is 0 Å². The van der Waals surface area contributed by atoms with Gasteiger partial charge in [-0.25, -0.2) is 0 Å². The molecule has 0 saturated carbocycles. The monoisotopic (exact) mass is 219 g/mol. The number of piperidine rings is 1. The Hall–Kier alpha value is -1.90. The summed E-state index contributed by atoms with van der Waals surface area (Å²) in [6, 6.07) is 2.30. The van der Waals surface area contributed by atoms with Gasteiger partial charge in [0.25, 0.3) is 5.91 Å². The second-order valence-corrected chi connectivity index (χ2v) is 4.32. The van der Waals surface area contributed by atoms with Gasteiger partial charge in [-0.3, -0.25) is 4.79 Å². The standard InChI is InChI=1S/C10H13N5O/c1-10(7-11)2-4-15(5-3-10)9(16)8-6-12-14-13-8/h6H,2-5H2,1H3,(H,12,13,14). The van der Waals surface area contributed by atoms with Crippen molar-refractivity contribution in [2.75, 3.05) is 13.1 Å². The van der Waals surface area contributed by atoms with Crippen molar-refractivity contribution in [1.82, 2.24) is 20.3 Å². The van der Waals surface area contributed by atoms with E-state index in [9.17, 15) is 4.79 Å². The minimum Gasteiger partial charge on any atom is -0.337 e. The zero-order valence-electron chi connectivity index (χ0n) is 9.10. The van der Waals surface area contributed by atoms with Gasteiger partial charge in [0.05, 0.1) is 17.7 Å². The molecule has 0 aliphatic carbocycles. The van der Waals surface area contributed by atoms with Crippen LogP contribution in [0.4, 0.5) is 0 Å². The number of nitriles is 1. The van der Waals surface area contributed by atoms with Crippen LogP contribution in [-0.2, 0) is 0 Å². The van der Waals surface area contributed by atoms with Crippen LogP contribution in [0, 0.1) is 16.7 Å². The van der Waals surface area contributed by atoms with Crippen molar-refractivity contribution in [3.05, 3.63) is 11.9 Å². The van der Waals surface area contributed by atoms with E-state index in [4.69, 9.17) is 5.26 Å². The highest BCUT2D eigenvalue weighted by Crippen LogP contribution is 2.30. The first-order valence-electron chi connectivity index (χ1n) is 5.21. The highest BCUT2D eigenvalue weighted by atomic mass is 16.2. The zero-order chi connectivity index (χ0) is 11.6. The van der Waals surface area contributed by atoms with Crippen molar-refractivity contribution in [2.24, 2.45) is 5.41 Å². The quantitative estimate of drug-likeness (QED) is 0.748. The second-order valence-electron chi connectivity index (χ2n) is 4.32. The van der Waals surface area contributed by atoms with Crippen molar-refractivity contribution in [3.63, 3.8) is 0 Å². The van der Waals surface area contributed by atoms with E-state index in [1.807, 2.05) is 6.92 Å². The topological polar surface area (TPSA) is 85.7 Å². The summed E-state index contributed by atoms with van der Waals surface area (Å²) in [6.45, 7) is 3.15. The normalized spacial score (nSPS) is 19.1. The van der Waals surface area contributed by atoms with Crippen molar-refractivity contribution in [3.8, 4) is 6.07 Å².